The van der Waals surface area contributed by atoms with Crippen molar-refractivity contribution in [1.82, 2.24) is 20.0 Å². The number of carbonyl (C=O) groups excluding carboxylic acids is 1. The Labute approximate surface area is 110 Å². The Balaban J connectivity index is 1.62. The average Bonchev–Trinajstić information content (AvgIpc) is 2.46. The third-order valence-corrected chi connectivity index (χ3v) is 3.97. The van der Waals surface area contributed by atoms with Crippen LogP contribution in [0.15, 0.2) is 0 Å². The highest BCUT2D eigenvalue weighted by Gasteiger charge is 2.20. The Bertz CT molecular complexity index is 258. The van der Waals surface area contributed by atoms with Crippen molar-refractivity contribution in [3.63, 3.8) is 0 Å². The molecule has 2 saturated heterocycles. The van der Waals surface area contributed by atoms with E-state index in [1.165, 1.54) is 19.6 Å². The summed E-state index contributed by atoms with van der Waals surface area (Å²) in [6, 6.07) is 0. The molecule has 0 bridgehead atoms. The van der Waals surface area contributed by atoms with E-state index < -0.39 is 0 Å². The first-order valence-corrected chi connectivity index (χ1v) is 7.23. The lowest BCUT2D eigenvalue weighted by molar-refractivity contribution is -0.132. The molecule has 0 aromatic carbocycles. The molecule has 0 saturated carbocycles. The van der Waals surface area contributed by atoms with Crippen molar-refractivity contribution in [3.05, 3.63) is 0 Å². The Morgan fingerprint density at radius 1 is 0.944 bits per heavy atom. The van der Waals surface area contributed by atoms with Crippen LogP contribution >= 0.6 is 0 Å². The largest absolute Gasteiger partial charge is 0.340 e. The van der Waals surface area contributed by atoms with Gasteiger partial charge < -0.3 is 10.2 Å². The van der Waals surface area contributed by atoms with E-state index in [-0.39, 0.29) is 0 Å². The molecule has 5 nitrogen and oxygen atoms in total. The second-order valence-corrected chi connectivity index (χ2v) is 5.17. The van der Waals surface area contributed by atoms with Gasteiger partial charge in [0.25, 0.3) is 0 Å². The molecule has 5 heteroatoms. The zero-order valence-electron chi connectivity index (χ0n) is 11.5. The van der Waals surface area contributed by atoms with E-state index in [2.05, 4.69) is 15.1 Å². The number of nitrogens with zero attached hydrogens (tertiary/aromatic N) is 3. The molecular formula is C13H26N4O. The van der Waals surface area contributed by atoms with Crippen molar-refractivity contribution in [2.45, 2.75) is 13.3 Å². The molecule has 2 aliphatic rings. The summed E-state index contributed by atoms with van der Waals surface area (Å²) in [6.45, 7) is 12.8. The summed E-state index contributed by atoms with van der Waals surface area (Å²) in [5.74, 6) is 0.303. The van der Waals surface area contributed by atoms with Gasteiger partial charge in [0.2, 0.25) is 5.91 Å². The summed E-state index contributed by atoms with van der Waals surface area (Å²) in [5.41, 5.74) is 0. The summed E-state index contributed by atoms with van der Waals surface area (Å²) < 4.78 is 0. The fourth-order valence-corrected chi connectivity index (χ4v) is 2.66. The Morgan fingerprint density at radius 2 is 1.50 bits per heavy atom. The molecule has 1 N–H and O–H groups in total. The van der Waals surface area contributed by atoms with Gasteiger partial charge in [-0.25, -0.2) is 0 Å². The van der Waals surface area contributed by atoms with E-state index in [9.17, 15) is 4.79 Å². The van der Waals surface area contributed by atoms with Gasteiger partial charge in [0.05, 0.1) is 0 Å². The van der Waals surface area contributed by atoms with Crippen molar-refractivity contribution >= 4 is 5.91 Å². The number of nitrogens with one attached hydrogen (secondary N) is 1. The minimum absolute atomic E-state index is 0.303. The second kappa shape index (κ2) is 7.07. The van der Waals surface area contributed by atoms with E-state index >= 15 is 0 Å². The van der Waals surface area contributed by atoms with Crippen molar-refractivity contribution < 1.29 is 4.79 Å². The summed E-state index contributed by atoms with van der Waals surface area (Å²) in [5, 5.41) is 3.38. The van der Waals surface area contributed by atoms with E-state index in [1.807, 2.05) is 11.8 Å². The van der Waals surface area contributed by atoms with Crippen molar-refractivity contribution in [2.24, 2.45) is 0 Å². The predicted octanol–water partition coefficient (Wildman–Crippen LogP) is -0.554. The number of rotatable bonds is 4. The number of carbonyl (C=O) groups is 1. The van der Waals surface area contributed by atoms with Gasteiger partial charge in [-0.1, -0.05) is 6.92 Å². The molecule has 0 aliphatic carbocycles. The molecular weight excluding hydrogens is 228 g/mol. The first-order valence-electron chi connectivity index (χ1n) is 7.23. The van der Waals surface area contributed by atoms with Crippen LogP contribution in [0, 0.1) is 0 Å². The molecule has 2 fully saturated rings. The van der Waals surface area contributed by atoms with Gasteiger partial charge in [0.1, 0.15) is 0 Å². The molecule has 18 heavy (non-hydrogen) atoms. The van der Waals surface area contributed by atoms with Crippen LogP contribution in [-0.2, 0) is 4.79 Å². The van der Waals surface area contributed by atoms with E-state index in [4.69, 9.17) is 0 Å². The predicted molar refractivity (Wildman–Crippen MR) is 72.6 cm³/mol. The molecule has 2 heterocycles. The maximum absolute atomic E-state index is 11.6. The van der Waals surface area contributed by atoms with Gasteiger partial charge in [-0.15, -0.1) is 0 Å². The fourth-order valence-electron chi connectivity index (χ4n) is 2.66. The Morgan fingerprint density at radius 3 is 2.06 bits per heavy atom. The van der Waals surface area contributed by atoms with E-state index in [0.29, 0.717) is 12.3 Å². The van der Waals surface area contributed by atoms with Crippen molar-refractivity contribution in [2.75, 3.05) is 65.4 Å². The number of hydrogen-bond donors (Lipinski definition) is 1. The van der Waals surface area contributed by atoms with Gasteiger partial charge >= 0.3 is 0 Å². The minimum Gasteiger partial charge on any atom is -0.340 e. The van der Waals surface area contributed by atoms with Gasteiger partial charge in [-0.05, 0) is 0 Å². The molecule has 0 aromatic rings. The summed E-state index contributed by atoms with van der Waals surface area (Å²) >= 11 is 0. The third kappa shape index (κ3) is 3.93. The molecule has 104 valence electrons. The van der Waals surface area contributed by atoms with Crippen LogP contribution in [-0.4, -0.2) is 86.1 Å². The lowest BCUT2D eigenvalue weighted by atomic mass is 10.2. The molecule has 0 radical (unpaired) electrons. The number of piperazine rings is 2. The highest BCUT2D eigenvalue weighted by atomic mass is 16.2. The Hall–Kier alpha value is -0.650. The number of hydrogen-bond acceptors (Lipinski definition) is 4. The number of amides is 1. The van der Waals surface area contributed by atoms with Crippen LogP contribution in [0.3, 0.4) is 0 Å². The minimum atomic E-state index is 0.303. The second-order valence-electron chi connectivity index (χ2n) is 5.17. The average molecular weight is 254 g/mol. The van der Waals surface area contributed by atoms with E-state index in [0.717, 1.165) is 45.8 Å². The van der Waals surface area contributed by atoms with Crippen LogP contribution < -0.4 is 5.32 Å². The van der Waals surface area contributed by atoms with Crippen LogP contribution in [0.4, 0.5) is 0 Å². The summed E-state index contributed by atoms with van der Waals surface area (Å²) in [7, 11) is 0. The van der Waals surface area contributed by atoms with Crippen LogP contribution in [0.2, 0.25) is 0 Å². The first kappa shape index (κ1) is 13.8. The molecule has 2 aliphatic heterocycles. The molecule has 2 rings (SSSR count). The lowest BCUT2D eigenvalue weighted by Crippen LogP contribution is -2.51. The highest BCUT2D eigenvalue weighted by Crippen LogP contribution is 2.04. The molecule has 0 unspecified atom stereocenters. The maximum Gasteiger partial charge on any atom is 0.222 e. The molecule has 0 aromatic heterocycles. The zero-order chi connectivity index (χ0) is 12.8. The monoisotopic (exact) mass is 254 g/mol. The maximum atomic E-state index is 11.6. The third-order valence-electron chi connectivity index (χ3n) is 3.97. The zero-order valence-corrected chi connectivity index (χ0v) is 11.5. The molecule has 0 atom stereocenters. The van der Waals surface area contributed by atoms with Crippen LogP contribution in [0.1, 0.15) is 13.3 Å². The highest BCUT2D eigenvalue weighted by molar-refractivity contribution is 5.75. The molecule has 1 amide bonds. The quantitative estimate of drug-likeness (QED) is 0.730. The lowest BCUT2D eigenvalue weighted by Gasteiger charge is -2.36. The van der Waals surface area contributed by atoms with Crippen LogP contribution in [0.5, 0.6) is 0 Å². The topological polar surface area (TPSA) is 38.8 Å². The van der Waals surface area contributed by atoms with Crippen molar-refractivity contribution in [3.8, 4) is 0 Å². The standard InChI is InChI=1S/C13H26N4O/c1-2-13(18)17-11-9-16(10-12-17)8-7-15-5-3-14-4-6-15/h14H,2-12H2,1H3. The normalized spacial score (nSPS) is 23.3. The SMILES string of the molecule is CCC(=O)N1CCN(CCN2CCNCC2)CC1. The summed E-state index contributed by atoms with van der Waals surface area (Å²) in [4.78, 5) is 18.6. The first-order chi connectivity index (χ1) is 8.79. The van der Waals surface area contributed by atoms with Crippen molar-refractivity contribution in [1.29, 1.82) is 0 Å². The van der Waals surface area contributed by atoms with Crippen LogP contribution in [0.25, 0.3) is 0 Å². The van der Waals surface area contributed by atoms with Gasteiger partial charge in [0, 0.05) is 71.9 Å². The summed E-state index contributed by atoms with van der Waals surface area (Å²) in [6.07, 6.45) is 0.640. The smallest absolute Gasteiger partial charge is 0.222 e. The van der Waals surface area contributed by atoms with E-state index in [1.54, 1.807) is 0 Å². The van der Waals surface area contributed by atoms with Gasteiger partial charge in [0.15, 0.2) is 0 Å². The van der Waals surface area contributed by atoms with Gasteiger partial charge in [-0.2, -0.15) is 0 Å². The molecule has 0 spiro atoms. The fraction of sp³-hybridized carbons (Fsp3) is 0.923. The Kier molecular flexibility index (Phi) is 5.41. The van der Waals surface area contributed by atoms with Gasteiger partial charge in [-0.3, -0.25) is 14.6 Å².